The van der Waals surface area contributed by atoms with E-state index in [9.17, 15) is 9.59 Å². The molecule has 0 saturated heterocycles. The minimum absolute atomic E-state index is 0.256. The number of nitrogens with one attached hydrogen (secondary N) is 1. The van der Waals surface area contributed by atoms with Gasteiger partial charge in [0.1, 0.15) is 0 Å². The summed E-state index contributed by atoms with van der Waals surface area (Å²) in [4.78, 5) is 24.0. The highest BCUT2D eigenvalue weighted by atomic mass is 35.5. The molecule has 0 unspecified atom stereocenters. The van der Waals surface area contributed by atoms with Crippen LogP contribution in [-0.4, -0.2) is 18.5 Å². The monoisotopic (exact) mass is 405 g/mol. The number of hydrogen-bond acceptors (Lipinski definition) is 3. The molecule has 0 bridgehead atoms. The van der Waals surface area contributed by atoms with E-state index < -0.39 is 11.9 Å². The molecule has 0 atom stereocenters. The van der Waals surface area contributed by atoms with Crippen molar-refractivity contribution < 1.29 is 14.3 Å². The summed E-state index contributed by atoms with van der Waals surface area (Å²) in [5.41, 5.74) is 3.26. The predicted molar refractivity (Wildman–Crippen MR) is 110 cm³/mol. The maximum absolute atomic E-state index is 12.2. The van der Waals surface area contributed by atoms with Crippen LogP contribution >= 0.6 is 23.2 Å². The second-order valence-electron chi connectivity index (χ2n) is 6.32. The van der Waals surface area contributed by atoms with Gasteiger partial charge in [-0.25, -0.2) is 4.79 Å². The first-order valence-corrected chi connectivity index (χ1v) is 9.23. The Bertz CT molecular complexity index is 855. The molecule has 0 aromatic heterocycles. The highest BCUT2D eigenvalue weighted by molar-refractivity contribution is 6.37. The number of anilines is 1. The minimum Gasteiger partial charge on any atom is -0.452 e. The minimum atomic E-state index is -0.657. The fourth-order valence-corrected chi connectivity index (χ4v) is 3.05. The standard InChI is InChI=1S/C21H21Cl2NO3/c1-13(2)15-7-4-6-14(3)21(15)24-19(25)12-27-20(26)11-10-16-17(22)8-5-9-18(16)23/h4-11,13H,12H2,1-3H3,(H,24,25)/b11-10+. The molecule has 4 nitrogen and oxygen atoms in total. The number of aryl methyl sites for hydroxylation is 1. The van der Waals surface area contributed by atoms with E-state index >= 15 is 0 Å². The number of para-hydroxylation sites is 1. The lowest BCUT2D eigenvalue weighted by Gasteiger charge is -2.16. The summed E-state index contributed by atoms with van der Waals surface area (Å²) in [5.74, 6) is -0.801. The molecule has 0 heterocycles. The third kappa shape index (κ3) is 5.84. The van der Waals surface area contributed by atoms with Crippen molar-refractivity contribution >= 4 is 46.8 Å². The van der Waals surface area contributed by atoms with Gasteiger partial charge < -0.3 is 10.1 Å². The summed E-state index contributed by atoms with van der Waals surface area (Å²) < 4.78 is 4.99. The highest BCUT2D eigenvalue weighted by Gasteiger charge is 2.13. The molecule has 0 spiro atoms. The molecule has 2 aromatic rings. The van der Waals surface area contributed by atoms with Crippen LogP contribution in [0.3, 0.4) is 0 Å². The van der Waals surface area contributed by atoms with Crippen molar-refractivity contribution in [2.24, 2.45) is 0 Å². The summed E-state index contributed by atoms with van der Waals surface area (Å²) in [6.07, 6.45) is 2.65. The number of rotatable bonds is 6. The van der Waals surface area contributed by atoms with Gasteiger partial charge in [-0.15, -0.1) is 0 Å². The Labute approximate surface area is 169 Å². The number of ether oxygens (including phenoxy) is 1. The van der Waals surface area contributed by atoms with E-state index in [4.69, 9.17) is 27.9 Å². The molecule has 2 aromatic carbocycles. The first-order valence-electron chi connectivity index (χ1n) is 8.47. The molecular formula is C21H21Cl2NO3. The van der Waals surface area contributed by atoms with Gasteiger partial charge in [0.15, 0.2) is 6.61 Å². The number of esters is 1. The Balaban J connectivity index is 1.96. The molecular weight excluding hydrogens is 385 g/mol. The Hall–Kier alpha value is -2.30. The van der Waals surface area contributed by atoms with E-state index in [0.717, 1.165) is 16.8 Å². The van der Waals surface area contributed by atoms with Crippen molar-refractivity contribution in [3.8, 4) is 0 Å². The third-order valence-electron chi connectivity index (χ3n) is 3.92. The van der Waals surface area contributed by atoms with Gasteiger partial charge in [0, 0.05) is 27.4 Å². The first-order chi connectivity index (χ1) is 12.8. The quantitative estimate of drug-likeness (QED) is 0.500. The molecule has 0 aliphatic heterocycles. The molecule has 1 N–H and O–H groups in total. The predicted octanol–water partition coefficient (Wildman–Crippen LogP) is 5.62. The average molecular weight is 406 g/mol. The van der Waals surface area contributed by atoms with Crippen molar-refractivity contribution in [2.75, 3.05) is 11.9 Å². The van der Waals surface area contributed by atoms with Crippen LogP contribution in [0.1, 0.15) is 36.5 Å². The molecule has 142 valence electrons. The molecule has 0 radical (unpaired) electrons. The van der Waals surface area contributed by atoms with Gasteiger partial charge in [-0.05, 0) is 42.2 Å². The topological polar surface area (TPSA) is 55.4 Å². The van der Waals surface area contributed by atoms with Crippen LogP contribution in [0, 0.1) is 6.92 Å². The van der Waals surface area contributed by atoms with E-state index in [1.165, 1.54) is 12.2 Å². The fraction of sp³-hybridized carbons (Fsp3) is 0.238. The maximum Gasteiger partial charge on any atom is 0.331 e. The normalized spacial score (nSPS) is 11.0. The molecule has 2 rings (SSSR count). The van der Waals surface area contributed by atoms with Crippen LogP contribution in [0.4, 0.5) is 5.69 Å². The lowest BCUT2D eigenvalue weighted by molar-refractivity contribution is -0.142. The highest BCUT2D eigenvalue weighted by Crippen LogP contribution is 2.27. The van der Waals surface area contributed by atoms with E-state index in [-0.39, 0.29) is 12.5 Å². The second-order valence-corrected chi connectivity index (χ2v) is 7.13. The molecule has 27 heavy (non-hydrogen) atoms. The van der Waals surface area contributed by atoms with Crippen LogP contribution in [0.25, 0.3) is 6.08 Å². The number of benzene rings is 2. The van der Waals surface area contributed by atoms with Crippen molar-refractivity contribution in [1.82, 2.24) is 0 Å². The lowest BCUT2D eigenvalue weighted by atomic mass is 9.98. The van der Waals surface area contributed by atoms with Crippen LogP contribution in [0.2, 0.25) is 10.0 Å². The van der Waals surface area contributed by atoms with Crippen molar-refractivity contribution in [1.29, 1.82) is 0 Å². The Kier molecular flexibility index (Phi) is 7.45. The summed E-state index contributed by atoms with van der Waals surface area (Å²) in [6.45, 7) is 5.64. The number of halogens is 2. The molecule has 0 saturated carbocycles. The molecule has 0 aliphatic rings. The SMILES string of the molecule is Cc1cccc(C(C)C)c1NC(=O)COC(=O)/C=C/c1c(Cl)cccc1Cl. The molecule has 0 aliphatic carbocycles. The first kappa shape index (κ1) is 21.0. The third-order valence-corrected chi connectivity index (χ3v) is 4.58. The summed E-state index contributed by atoms with van der Waals surface area (Å²) in [7, 11) is 0. The zero-order chi connectivity index (χ0) is 20.0. The molecule has 6 heteroatoms. The second kappa shape index (κ2) is 9.58. The van der Waals surface area contributed by atoms with E-state index in [1.54, 1.807) is 18.2 Å². The van der Waals surface area contributed by atoms with Crippen LogP contribution < -0.4 is 5.32 Å². The van der Waals surface area contributed by atoms with Gasteiger partial charge in [-0.1, -0.05) is 61.3 Å². The summed E-state index contributed by atoms with van der Waals surface area (Å²) >= 11 is 12.1. The number of carbonyl (C=O) groups excluding carboxylic acids is 2. The fourth-order valence-electron chi connectivity index (χ4n) is 2.52. The van der Waals surface area contributed by atoms with Crippen LogP contribution in [0.5, 0.6) is 0 Å². The van der Waals surface area contributed by atoms with Gasteiger partial charge in [0.2, 0.25) is 0 Å². The Morgan fingerprint density at radius 3 is 2.37 bits per heavy atom. The van der Waals surface area contributed by atoms with Crippen molar-refractivity contribution in [3.63, 3.8) is 0 Å². The number of carbonyl (C=O) groups is 2. The van der Waals surface area contributed by atoms with E-state index in [0.29, 0.717) is 15.6 Å². The van der Waals surface area contributed by atoms with E-state index in [2.05, 4.69) is 19.2 Å². The zero-order valence-electron chi connectivity index (χ0n) is 15.4. The van der Waals surface area contributed by atoms with Gasteiger partial charge in [-0.3, -0.25) is 4.79 Å². The molecule has 1 amide bonds. The van der Waals surface area contributed by atoms with Crippen LogP contribution in [-0.2, 0) is 14.3 Å². The Morgan fingerprint density at radius 1 is 1.11 bits per heavy atom. The van der Waals surface area contributed by atoms with Crippen molar-refractivity contribution in [2.45, 2.75) is 26.7 Å². The van der Waals surface area contributed by atoms with Crippen LogP contribution in [0.15, 0.2) is 42.5 Å². The molecule has 0 fully saturated rings. The smallest absolute Gasteiger partial charge is 0.331 e. The zero-order valence-corrected chi connectivity index (χ0v) is 16.9. The number of amides is 1. The summed E-state index contributed by atoms with van der Waals surface area (Å²) in [5, 5.41) is 3.67. The largest absolute Gasteiger partial charge is 0.452 e. The average Bonchev–Trinajstić information content (AvgIpc) is 2.61. The van der Waals surface area contributed by atoms with Gasteiger partial charge >= 0.3 is 5.97 Å². The lowest BCUT2D eigenvalue weighted by Crippen LogP contribution is -2.21. The summed E-state index contributed by atoms with van der Waals surface area (Å²) in [6, 6.07) is 10.9. The number of hydrogen-bond donors (Lipinski definition) is 1. The van der Waals surface area contributed by atoms with E-state index in [1.807, 2.05) is 25.1 Å². The van der Waals surface area contributed by atoms with Gasteiger partial charge in [-0.2, -0.15) is 0 Å². The van der Waals surface area contributed by atoms with Gasteiger partial charge in [0.25, 0.3) is 5.91 Å². The van der Waals surface area contributed by atoms with Gasteiger partial charge in [0.05, 0.1) is 0 Å². The van der Waals surface area contributed by atoms with Crippen molar-refractivity contribution in [3.05, 3.63) is 69.2 Å². The Morgan fingerprint density at radius 2 is 1.74 bits per heavy atom. The maximum atomic E-state index is 12.2.